The largest absolute Gasteiger partial charge is 0.398 e. The maximum Gasteiger partial charge on any atom is 0.180 e. The third-order valence-electron chi connectivity index (χ3n) is 1.85. The number of rotatable bonds is 4. The zero-order chi connectivity index (χ0) is 11.5. The molecule has 1 rings (SSSR count). The lowest BCUT2D eigenvalue weighted by molar-refractivity contribution is 0.484. The summed E-state index contributed by atoms with van der Waals surface area (Å²) in [6.45, 7) is -0.643. The van der Waals surface area contributed by atoms with E-state index in [1.807, 2.05) is 0 Å². The maximum atomic E-state index is 11.9. The highest BCUT2D eigenvalue weighted by Gasteiger charge is 2.17. The van der Waals surface area contributed by atoms with Gasteiger partial charge in [0.05, 0.1) is 23.0 Å². The lowest BCUT2D eigenvalue weighted by Gasteiger charge is -2.06. The Balaban J connectivity index is 3.05. The quantitative estimate of drug-likeness (QED) is 0.866. The molecule has 0 aliphatic heterocycles. The van der Waals surface area contributed by atoms with Crippen LogP contribution in [-0.4, -0.2) is 20.8 Å². The van der Waals surface area contributed by atoms with E-state index in [9.17, 15) is 12.8 Å². The standard InChI is InChI=1S/C9H11BrFNO2S/c10-7-2-3-9(8(12)6-7)15(13,14)5-1-4-11/h2-3,6H,1,4-5,12H2. The summed E-state index contributed by atoms with van der Waals surface area (Å²) in [6, 6.07) is 4.54. The van der Waals surface area contributed by atoms with Gasteiger partial charge in [-0.1, -0.05) is 15.9 Å². The molecular weight excluding hydrogens is 285 g/mol. The van der Waals surface area contributed by atoms with Gasteiger partial charge in [0.1, 0.15) is 0 Å². The average Bonchev–Trinajstić information content (AvgIpc) is 2.14. The molecule has 0 aliphatic carbocycles. The first-order chi connectivity index (χ1) is 6.97. The molecule has 15 heavy (non-hydrogen) atoms. The van der Waals surface area contributed by atoms with Crippen molar-refractivity contribution in [3.05, 3.63) is 22.7 Å². The number of nitrogens with two attached hydrogens (primary N) is 1. The van der Waals surface area contributed by atoms with E-state index in [1.54, 1.807) is 6.07 Å². The molecular formula is C9H11BrFNO2S. The molecule has 3 nitrogen and oxygen atoms in total. The number of anilines is 1. The van der Waals surface area contributed by atoms with Crippen molar-refractivity contribution in [1.29, 1.82) is 0 Å². The number of benzene rings is 1. The van der Waals surface area contributed by atoms with Gasteiger partial charge in [-0.2, -0.15) is 0 Å². The van der Waals surface area contributed by atoms with E-state index in [0.717, 1.165) is 0 Å². The Morgan fingerprint density at radius 3 is 2.60 bits per heavy atom. The molecule has 0 heterocycles. The predicted octanol–water partition coefficient (Wildman–Crippen LogP) is 2.16. The molecule has 0 aromatic heterocycles. The minimum atomic E-state index is -3.46. The van der Waals surface area contributed by atoms with E-state index in [2.05, 4.69) is 15.9 Å². The molecule has 1 aromatic rings. The summed E-state index contributed by atoms with van der Waals surface area (Å²) < 4.78 is 35.9. The van der Waals surface area contributed by atoms with Gasteiger partial charge in [-0.25, -0.2) is 8.42 Å². The van der Waals surface area contributed by atoms with Crippen molar-refractivity contribution in [2.24, 2.45) is 0 Å². The van der Waals surface area contributed by atoms with E-state index in [-0.39, 0.29) is 22.8 Å². The summed E-state index contributed by atoms with van der Waals surface area (Å²) in [4.78, 5) is 0.0687. The number of sulfone groups is 1. The zero-order valence-corrected chi connectivity index (χ0v) is 10.3. The molecule has 2 N–H and O–H groups in total. The van der Waals surface area contributed by atoms with Crippen molar-refractivity contribution in [3.63, 3.8) is 0 Å². The van der Waals surface area contributed by atoms with Gasteiger partial charge in [-0.05, 0) is 24.6 Å². The van der Waals surface area contributed by atoms with E-state index >= 15 is 0 Å². The summed E-state index contributed by atoms with van der Waals surface area (Å²) >= 11 is 3.18. The number of hydrogen-bond donors (Lipinski definition) is 1. The normalized spacial score (nSPS) is 11.6. The third kappa shape index (κ3) is 3.17. The fraction of sp³-hybridized carbons (Fsp3) is 0.333. The van der Waals surface area contributed by atoms with E-state index in [0.29, 0.717) is 4.47 Å². The van der Waals surface area contributed by atoms with Crippen molar-refractivity contribution >= 4 is 31.5 Å². The molecule has 0 fully saturated rings. The van der Waals surface area contributed by atoms with Crippen molar-refractivity contribution in [3.8, 4) is 0 Å². The van der Waals surface area contributed by atoms with Gasteiger partial charge in [0.15, 0.2) is 9.84 Å². The van der Waals surface area contributed by atoms with Crippen LogP contribution in [0.4, 0.5) is 10.1 Å². The summed E-state index contributed by atoms with van der Waals surface area (Å²) in [5.41, 5.74) is 5.76. The fourth-order valence-corrected chi connectivity index (χ4v) is 2.94. The van der Waals surface area contributed by atoms with Gasteiger partial charge in [0.25, 0.3) is 0 Å². The highest BCUT2D eigenvalue weighted by molar-refractivity contribution is 9.10. The highest BCUT2D eigenvalue weighted by atomic mass is 79.9. The minimum absolute atomic E-state index is 0.00215. The Morgan fingerprint density at radius 2 is 2.07 bits per heavy atom. The molecule has 1 aromatic carbocycles. The van der Waals surface area contributed by atoms with E-state index in [4.69, 9.17) is 5.73 Å². The number of nitrogen functional groups attached to an aromatic ring is 1. The van der Waals surface area contributed by atoms with Crippen LogP contribution < -0.4 is 5.73 Å². The Bertz CT molecular complexity index is 447. The molecule has 0 unspecified atom stereocenters. The predicted molar refractivity (Wildman–Crippen MR) is 61.2 cm³/mol. The van der Waals surface area contributed by atoms with Crippen LogP contribution in [-0.2, 0) is 9.84 Å². The second-order valence-electron chi connectivity index (χ2n) is 3.04. The maximum absolute atomic E-state index is 11.9. The molecule has 0 amide bonds. The molecule has 0 saturated heterocycles. The summed E-state index contributed by atoms with van der Waals surface area (Å²) in [5.74, 6) is -0.213. The van der Waals surface area contributed by atoms with Crippen molar-refractivity contribution < 1.29 is 12.8 Å². The minimum Gasteiger partial charge on any atom is -0.398 e. The molecule has 6 heteroatoms. The van der Waals surface area contributed by atoms with Crippen molar-refractivity contribution in [1.82, 2.24) is 0 Å². The van der Waals surface area contributed by atoms with Crippen molar-refractivity contribution in [2.75, 3.05) is 18.2 Å². The molecule has 0 spiro atoms. The van der Waals surface area contributed by atoms with Crippen LogP contribution in [0, 0.1) is 0 Å². The second-order valence-corrected chi connectivity index (χ2v) is 6.04. The summed E-state index contributed by atoms with van der Waals surface area (Å²) in [6.07, 6.45) is -0.00215. The first-order valence-electron chi connectivity index (χ1n) is 4.31. The number of alkyl halides is 1. The third-order valence-corrected chi connectivity index (χ3v) is 4.21. The Labute approximate surface area is 96.5 Å². The van der Waals surface area contributed by atoms with Crippen molar-refractivity contribution in [2.45, 2.75) is 11.3 Å². The molecule has 84 valence electrons. The van der Waals surface area contributed by atoms with Crippen LogP contribution >= 0.6 is 15.9 Å². The van der Waals surface area contributed by atoms with E-state index < -0.39 is 16.5 Å². The molecule has 0 bridgehead atoms. The van der Waals surface area contributed by atoms with Gasteiger partial charge < -0.3 is 5.73 Å². The topological polar surface area (TPSA) is 60.2 Å². The Kier molecular flexibility index (Phi) is 4.10. The first-order valence-corrected chi connectivity index (χ1v) is 6.75. The lowest BCUT2D eigenvalue weighted by atomic mass is 10.3. The van der Waals surface area contributed by atoms with Gasteiger partial charge in [-0.15, -0.1) is 0 Å². The monoisotopic (exact) mass is 295 g/mol. The summed E-state index contributed by atoms with van der Waals surface area (Å²) in [7, 11) is -3.46. The molecule has 0 saturated carbocycles. The Morgan fingerprint density at radius 1 is 1.40 bits per heavy atom. The average molecular weight is 296 g/mol. The first kappa shape index (κ1) is 12.4. The van der Waals surface area contributed by atoms with Crippen LogP contribution in [0.3, 0.4) is 0 Å². The fourth-order valence-electron chi connectivity index (χ4n) is 1.16. The van der Waals surface area contributed by atoms with Crippen LogP contribution in [0.25, 0.3) is 0 Å². The van der Waals surface area contributed by atoms with Crippen LogP contribution in [0.2, 0.25) is 0 Å². The second kappa shape index (κ2) is 4.94. The SMILES string of the molecule is Nc1cc(Br)ccc1S(=O)(=O)CCCF. The number of halogens is 2. The molecule has 0 atom stereocenters. The van der Waals surface area contributed by atoms with Gasteiger partial charge in [0, 0.05) is 4.47 Å². The Hall–Kier alpha value is -0.620. The highest BCUT2D eigenvalue weighted by Crippen LogP contribution is 2.24. The van der Waals surface area contributed by atoms with Crippen LogP contribution in [0.1, 0.15) is 6.42 Å². The van der Waals surface area contributed by atoms with Crippen LogP contribution in [0.5, 0.6) is 0 Å². The molecule has 0 radical (unpaired) electrons. The van der Waals surface area contributed by atoms with Gasteiger partial charge in [-0.3, -0.25) is 4.39 Å². The zero-order valence-electron chi connectivity index (χ0n) is 7.91. The van der Waals surface area contributed by atoms with Gasteiger partial charge >= 0.3 is 0 Å². The number of hydrogen-bond acceptors (Lipinski definition) is 3. The van der Waals surface area contributed by atoms with Gasteiger partial charge in [0.2, 0.25) is 0 Å². The summed E-state index contributed by atoms with van der Waals surface area (Å²) in [5, 5.41) is 0. The molecule has 0 aliphatic rings. The van der Waals surface area contributed by atoms with Crippen LogP contribution in [0.15, 0.2) is 27.6 Å². The lowest BCUT2D eigenvalue weighted by Crippen LogP contribution is -2.09. The van der Waals surface area contributed by atoms with E-state index in [1.165, 1.54) is 12.1 Å². The smallest absolute Gasteiger partial charge is 0.180 e.